The highest BCUT2D eigenvalue weighted by atomic mass is 16.3. The van der Waals surface area contributed by atoms with Crippen molar-refractivity contribution in [1.29, 1.82) is 0 Å². The lowest BCUT2D eigenvalue weighted by atomic mass is 9.88. The number of rotatable bonds is 6. The van der Waals surface area contributed by atoms with Crippen molar-refractivity contribution >= 4 is 0 Å². The van der Waals surface area contributed by atoms with E-state index in [2.05, 4.69) is 78.5 Å². The van der Waals surface area contributed by atoms with E-state index in [1.807, 2.05) is 0 Å². The molecule has 0 saturated carbocycles. The Morgan fingerprint density at radius 3 is 2.36 bits per heavy atom. The van der Waals surface area contributed by atoms with E-state index in [1.54, 1.807) is 0 Å². The number of piperidine rings is 1. The maximum atomic E-state index is 9.72. The maximum Gasteiger partial charge on any atom is 0.0471 e. The van der Waals surface area contributed by atoms with Gasteiger partial charge in [0.1, 0.15) is 0 Å². The second kappa shape index (κ2) is 8.61. The Labute approximate surface area is 151 Å². The van der Waals surface area contributed by atoms with Gasteiger partial charge in [-0.1, -0.05) is 54.6 Å². The lowest BCUT2D eigenvalue weighted by Gasteiger charge is -2.38. The van der Waals surface area contributed by atoms with Crippen molar-refractivity contribution in [2.45, 2.75) is 13.0 Å². The molecule has 0 spiro atoms. The van der Waals surface area contributed by atoms with Crippen molar-refractivity contribution in [3.63, 3.8) is 0 Å². The third kappa shape index (κ3) is 4.91. The van der Waals surface area contributed by atoms with E-state index in [0.717, 1.165) is 32.6 Å². The molecule has 3 heteroatoms. The van der Waals surface area contributed by atoms with Gasteiger partial charge in [-0.15, -0.1) is 0 Å². The Morgan fingerprint density at radius 1 is 0.960 bits per heavy atom. The van der Waals surface area contributed by atoms with Crippen molar-refractivity contribution in [2.75, 3.05) is 40.3 Å². The first kappa shape index (κ1) is 18.1. The molecule has 1 aliphatic rings. The van der Waals surface area contributed by atoms with Crippen molar-refractivity contribution in [3.8, 4) is 11.1 Å². The molecule has 1 N–H and O–H groups in total. The van der Waals surface area contributed by atoms with E-state index in [0.29, 0.717) is 18.4 Å². The Kier molecular flexibility index (Phi) is 6.24. The molecule has 2 aromatic rings. The largest absolute Gasteiger partial charge is 0.396 e. The Hall–Kier alpha value is -1.68. The van der Waals surface area contributed by atoms with Crippen LogP contribution in [0.5, 0.6) is 0 Å². The van der Waals surface area contributed by atoms with E-state index in [9.17, 15) is 5.11 Å². The standard InChI is InChI=1S/C22H30N2O/c1-23(2)13-18-12-19(17-25)15-24(14-18)16-21-10-6-7-11-22(21)20-8-4-3-5-9-20/h3-11,18-19,25H,12-17H2,1-2H3/t18-,19+/m0/s1. The molecule has 0 aliphatic carbocycles. The zero-order valence-corrected chi connectivity index (χ0v) is 15.4. The summed E-state index contributed by atoms with van der Waals surface area (Å²) in [6, 6.07) is 19.3. The number of nitrogens with zero attached hydrogens (tertiary/aromatic N) is 2. The Balaban J connectivity index is 1.77. The predicted molar refractivity (Wildman–Crippen MR) is 104 cm³/mol. The summed E-state index contributed by atoms with van der Waals surface area (Å²) in [5, 5.41) is 9.72. The molecule has 0 radical (unpaired) electrons. The van der Waals surface area contributed by atoms with Crippen LogP contribution in [0.1, 0.15) is 12.0 Å². The van der Waals surface area contributed by atoms with Crippen molar-refractivity contribution < 1.29 is 5.11 Å². The molecule has 0 bridgehead atoms. The van der Waals surface area contributed by atoms with Crippen LogP contribution < -0.4 is 0 Å². The van der Waals surface area contributed by atoms with Gasteiger partial charge in [-0.3, -0.25) is 4.90 Å². The summed E-state index contributed by atoms with van der Waals surface area (Å²) >= 11 is 0. The number of aliphatic hydroxyl groups is 1. The van der Waals surface area contributed by atoms with Crippen molar-refractivity contribution in [1.82, 2.24) is 9.80 Å². The van der Waals surface area contributed by atoms with Crippen molar-refractivity contribution in [3.05, 3.63) is 60.2 Å². The average Bonchev–Trinajstić information content (AvgIpc) is 2.62. The molecule has 0 aromatic heterocycles. The minimum absolute atomic E-state index is 0.292. The fourth-order valence-electron chi connectivity index (χ4n) is 4.13. The lowest BCUT2D eigenvalue weighted by molar-refractivity contribution is 0.0693. The number of benzene rings is 2. The summed E-state index contributed by atoms with van der Waals surface area (Å²) in [7, 11) is 4.27. The van der Waals surface area contributed by atoms with Crippen LogP contribution in [0, 0.1) is 11.8 Å². The first-order valence-corrected chi connectivity index (χ1v) is 9.27. The van der Waals surface area contributed by atoms with Gasteiger partial charge in [0.05, 0.1) is 0 Å². The van der Waals surface area contributed by atoms with Crippen LogP contribution in [0.15, 0.2) is 54.6 Å². The number of aliphatic hydroxyl groups excluding tert-OH is 1. The summed E-state index contributed by atoms with van der Waals surface area (Å²) in [4.78, 5) is 4.79. The highest BCUT2D eigenvalue weighted by molar-refractivity contribution is 5.67. The minimum Gasteiger partial charge on any atom is -0.396 e. The molecule has 25 heavy (non-hydrogen) atoms. The molecule has 1 fully saturated rings. The normalized spacial score (nSPS) is 21.6. The highest BCUT2D eigenvalue weighted by Gasteiger charge is 2.27. The summed E-state index contributed by atoms with van der Waals surface area (Å²) in [5.41, 5.74) is 3.97. The fraction of sp³-hybridized carbons (Fsp3) is 0.455. The molecule has 1 aliphatic heterocycles. The van der Waals surface area contributed by atoms with Crippen LogP contribution >= 0.6 is 0 Å². The van der Waals surface area contributed by atoms with Gasteiger partial charge in [-0.2, -0.15) is 0 Å². The van der Waals surface area contributed by atoms with Gasteiger partial charge in [0.15, 0.2) is 0 Å². The first-order valence-electron chi connectivity index (χ1n) is 9.27. The average molecular weight is 338 g/mol. The van der Waals surface area contributed by atoms with Crippen molar-refractivity contribution in [2.24, 2.45) is 11.8 Å². The molecule has 2 atom stereocenters. The smallest absolute Gasteiger partial charge is 0.0471 e. The summed E-state index contributed by atoms with van der Waals surface area (Å²) < 4.78 is 0. The van der Waals surface area contributed by atoms with Crippen LogP contribution in [0.25, 0.3) is 11.1 Å². The fourth-order valence-corrected chi connectivity index (χ4v) is 4.13. The van der Waals surface area contributed by atoms with Gasteiger partial charge >= 0.3 is 0 Å². The molecule has 3 nitrogen and oxygen atoms in total. The molecule has 3 rings (SSSR count). The minimum atomic E-state index is 0.292. The molecular formula is C22H30N2O. The van der Waals surface area contributed by atoms with Gasteiger partial charge in [0, 0.05) is 32.8 Å². The van der Waals surface area contributed by atoms with Gasteiger partial charge in [-0.05, 0) is 49.0 Å². The lowest BCUT2D eigenvalue weighted by Crippen LogP contribution is -2.44. The second-order valence-electron chi connectivity index (χ2n) is 7.63. The number of hydrogen-bond donors (Lipinski definition) is 1. The number of hydrogen-bond acceptors (Lipinski definition) is 3. The van der Waals surface area contributed by atoms with Crippen LogP contribution in [0.2, 0.25) is 0 Å². The van der Waals surface area contributed by atoms with E-state index in [-0.39, 0.29) is 0 Å². The predicted octanol–water partition coefficient (Wildman–Crippen LogP) is 3.35. The molecular weight excluding hydrogens is 308 g/mol. The van der Waals surface area contributed by atoms with Gasteiger partial charge in [-0.25, -0.2) is 0 Å². The Morgan fingerprint density at radius 2 is 1.64 bits per heavy atom. The van der Waals surface area contributed by atoms with Gasteiger partial charge in [0.2, 0.25) is 0 Å². The van der Waals surface area contributed by atoms with E-state index < -0.39 is 0 Å². The monoisotopic (exact) mass is 338 g/mol. The zero-order chi connectivity index (χ0) is 17.6. The molecule has 1 heterocycles. The van der Waals surface area contributed by atoms with Crippen LogP contribution in [0.4, 0.5) is 0 Å². The number of likely N-dealkylation sites (tertiary alicyclic amines) is 1. The third-order valence-corrected chi connectivity index (χ3v) is 5.08. The molecule has 0 unspecified atom stereocenters. The highest BCUT2D eigenvalue weighted by Crippen LogP contribution is 2.28. The summed E-state index contributed by atoms with van der Waals surface area (Å²) in [6.07, 6.45) is 1.13. The first-order chi connectivity index (χ1) is 12.2. The zero-order valence-electron chi connectivity index (χ0n) is 15.4. The molecule has 2 aromatic carbocycles. The van der Waals surface area contributed by atoms with E-state index in [4.69, 9.17) is 0 Å². The van der Waals surface area contributed by atoms with Crippen LogP contribution in [0.3, 0.4) is 0 Å². The SMILES string of the molecule is CN(C)C[C@@H]1C[C@@H](CO)CN(Cc2ccccc2-c2ccccc2)C1. The van der Waals surface area contributed by atoms with Gasteiger partial charge < -0.3 is 10.0 Å². The Bertz CT molecular complexity index is 656. The van der Waals surface area contributed by atoms with Crippen LogP contribution in [-0.4, -0.2) is 55.2 Å². The molecule has 0 amide bonds. The van der Waals surface area contributed by atoms with E-state index >= 15 is 0 Å². The van der Waals surface area contributed by atoms with Crippen LogP contribution in [-0.2, 0) is 6.54 Å². The quantitative estimate of drug-likeness (QED) is 0.875. The maximum absolute atomic E-state index is 9.72. The van der Waals surface area contributed by atoms with E-state index in [1.165, 1.54) is 16.7 Å². The molecule has 134 valence electrons. The third-order valence-electron chi connectivity index (χ3n) is 5.08. The second-order valence-corrected chi connectivity index (χ2v) is 7.63. The summed E-state index contributed by atoms with van der Waals surface area (Å²) in [5.74, 6) is 1.02. The summed E-state index contributed by atoms with van der Waals surface area (Å²) in [6.45, 7) is 4.43. The topological polar surface area (TPSA) is 26.7 Å². The van der Waals surface area contributed by atoms with Gasteiger partial charge in [0.25, 0.3) is 0 Å². The molecule has 1 saturated heterocycles.